The molecule has 0 spiro atoms. The molecule has 5 rings (SSSR count). The number of nitrogens with two attached hydrogens (primary N) is 1. The first kappa shape index (κ1) is 23.5. The summed E-state index contributed by atoms with van der Waals surface area (Å²) >= 11 is 0. The highest BCUT2D eigenvalue weighted by molar-refractivity contribution is 6.01. The van der Waals surface area contributed by atoms with Crippen LogP contribution in [0.4, 0.5) is 10.5 Å². The molecule has 0 bridgehead atoms. The molecule has 1 saturated carbocycles. The Morgan fingerprint density at radius 3 is 2.34 bits per heavy atom. The third-order valence-electron chi connectivity index (χ3n) is 7.28. The van der Waals surface area contributed by atoms with Crippen LogP contribution < -0.4 is 15.2 Å². The standard InChI is InChI=1S/C28H35N3O4/c1-3-30(4-2)28(32)35-21-10-8-19(9-11-21)27-26(29)24-13-12-23(34-22-14-16-33-17-15-22)18-25(24)31(27)20-6-5-7-20/h8-13,18,20,22H,3-7,14-17,29H2,1-2H3. The minimum atomic E-state index is -0.331. The second-order valence-electron chi connectivity index (χ2n) is 9.39. The Morgan fingerprint density at radius 2 is 1.71 bits per heavy atom. The summed E-state index contributed by atoms with van der Waals surface area (Å²) in [6.07, 6.45) is 5.20. The number of hydrogen-bond donors (Lipinski definition) is 1. The minimum Gasteiger partial charge on any atom is -0.490 e. The third kappa shape index (κ3) is 4.69. The van der Waals surface area contributed by atoms with Crippen LogP contribution in [0.25, 0.3) is 22.2 Å². The highest BCUT2D eigenvalue weighted by atomic mass is 16.6. The van der Waals surface area contributed by atoms with Gasteiger partial charge in [-0.25, -0.2) is 4.79 Å². The van der Waals surface area contributed by atoms with Crippen molar-refractivity contribution in [3.8, 4) is 22.8 Å². The van der Waals surface area contributed by atoms with Crippen molar-refractivity contribution in [1.82, 2.24) is 9.47 Å². The van der Waals surface area contributed by atoms with Crippen LogP contribution in [0.5, 0.6) is 11.5 Å². The zero-order valence-electron chi connectivity index (χ0n) is 20.7. The topological polar surface area (TPSA) is 79.0 Å². The van der Waals surface area contributed by atoms with Gasteiger partial charge in [0.2, 0.25) is 0 Å². The highest BCUT2D eigenvalue weighted by Crippen LogP contribution is 2.45. The van der Waals surface area contributed by atoms with E-state index in [4.69, 9.17) is 19.9 Å². The Morgan fingerprint density at radius 1 is 1.03 bits per heavy atom. The fourth-order valence-electron chi connectivity index (χ4n) is 5.02. The number of carbonyl (C=O) groups is 1. The first-order chi connectivity index (χ1) is 17.1. The largest absolute Gasteiger partial charge is 0.490 e. The van der Waals surface area contributed by atoms with Crippen LogP contribution in [0.3, 0.4) is 0 Å². The lowest BCUT2D eigenvalue weighted by molar-refractivity contribution is 0.0256. The van der Waals surface area contributed by atoms with Crippen molar-refractivity contribution in [1.29, 1.82) is 0 Å². The average Bonchev–Trinajstić information content (AvgIpc) is 3.11. The van der Waals surface area contributed by atoms with Crippen LogP contribution in [0, 0.1) is 0 Å². The van der Waals surface area contributed by atoms with E-state index in [-0.39, 0.29) is 12.2 Å². The lowest BCUT2D eigenvalue weighted by atomic mass is 9.92. The molecular weight excluding hydrogens is 442 g/mol. The smallest absolute Gasteiger partial charge is 0.415 e. The van der Waals surface area contributed by atoms with Crippen molar-refractivity contribution in [2.24, 2.45) is 0 Å². The molecule has 0 radical (unpaired) electrons. The number of rotatable bonds is 7. The van der Waals surface area contributed by atoms with Crippen molar-refractivity contribution >= 4 is 22.7 Å². The summed E-state index contributed by atoms with van der Waals surface area (Å²) < 4.78 is 19.7. The van der Waals surface area contributed by atoms with Crippen molar-refractivity contribution in [3.63, 3.8) is 0 Å². The van der Waals surface area contributed by atoms with Gasteiger partial charge in [-0.15, -0.1) is 0 Å². The molecule has 2 fully saturated rings. The van der Waals surface area contributed by atoms with Crippen molar-refractivity contribution in [3.05, 3.63) is 42.5 Å². The maximum absolute atomic E-state index is 12.3. The number of hydrogen-bond acceptors (Lipinski definition) is 5. The molecule has 2 heterocycles. The minimum absolute atomic E-state index is 0.191. The number of nitrogens with zero attached hydrogens (tertiary/aromatic N) is 2. The lowest BCUT2D eigenvalue weighted by Crippen LogP contribution is -2.33. The maximum atomic E-state index is 12.3. The summed E-state index contributed by atoms with van der Waals surface area (Å²) in [6, 6.07) is 14.3. The van der Waals surface area contributed by atoms with Gasteiger partial charge >= 0.3 is 6.09 Å². The SMILES string of the molecule is CCN(CC)C(=O)Oc1ccc(-c2c(N)c3ccc(OC4CCOCC4)cc3n2C2CCC2)cc1. The Hall–Kier alpha value is -3.19. The molecule has 186 valence electrons. The molecule has 3 aromatic rings. The van der Waals surface area contributed by atoms with Crippen molar-refractivity contribution in [2.45, 2.75) is 58.1 Å². The Balaban J connectivity index is 1.47. The second kappa shape index (κ2) is 10.2. The van der Waals surface area contributed by atoms with E-state index in [1.165, 1.54) is 6.42 Å². The zero-order chi connectivity index (χ0) is 24.4. The Kier molecular flexibility index (Phi) is 6.86. The van der Waals surface area contributed by atoms with Gasteiger partial charge < -0.3 is 29.4 Å². The highest BCUT2D eigenvalue weighted by Gasteiger charge is 2.27. The first-order valence-electron chi connectivity index (χ1n) is 12.8. The molecule has 1 aromatic heterocycles. The van der Waals surface area contributed by atoms with Crippen molar-refractivity contribution < 1.29 is 19.0 Å². The molecule has 7 heteroatoms. The normalized spacial score (nSPS) is 16.7. The van der Waals surface area contributed by atoms with E-state index in [9.17, 15) is 4.79 Å². The van der Waals surface area contributed by atoms with Crippen molar-refractivity contribution in [2.75, 3.05) is 32.0 Å². The van der Waals surface area contributed by atoms with Crippen LogP contribution >= 0.6 is 0 Å². The molecule has 7 nitrogen and oxygen atoms in total. The fourth-order valence-corrected chi connectivity index (χ4v) is 5.02. The summed E-state index contributed by atoms with van der Waals surface area (Å²) in [4.78, 5) is 14.0. The number of fused-ring (bicyclic) bond motifs is 1. The van der Waals surface area contributed by atoms with E-state index in [2.05, 4.69) is 16.7 Å². The monoisotopic (exact) mass is 477 g/mol. The number of anilines is 1. The number of amides is 1. The van der Waals surface area contributed by atoms with Gasteiger partial charge in [-0.05, 0) is 69.5 Å². The van der Waals surface area contributed by atoms with Gasteiger partial charge in [0.25, 0.3) is 0 Å². The van der Waals surface area contributed by atoms with Crippen LogP contribution in [0.2, 0.25) is 0 Å². The van der Waals surface area contributed by atoms with E-state index in [0.29, 0.717) is 24.9 Å². The predicted molar refractivity (Wildman–Crippen MR) is 138 cm³/mol. The molecule has 1 aliphatic carbocycles. The lowest BCUT2D eigenvalue weighted by Gasteiger charge is -2.30. The second-order valence-corrected chi connectivity index (χ2v) is 9.39. The van der Waals surface area contributed by atoms with E-state index >= 15 is 0 Å². The van der Waals surface area contributed by atoms with Gasteiger partial charge in [0.05, 0.1) is 30.1 Å². The number of benzene rings is 2. The summed E-state index contributed by atoms with van der Waals surface area (Å²) in [5.41, 5.74) is 10.7. The summed E-state index contributed by atoms with van der Waals surface area (Å²) in [5.74, 6) is 1.41. The Labute approximate surface area is 206 Å². The first-order valence-corrected chi connectivity index (χ1v) is 12.8. The molecule has 35 heavy (non-hydrogen) atoms. The van der Waals surface area contributed by atoms with E-state index in [1.54, 1.807) is 4.90 Å². The van der Waals surface area contributed by atoms with Gasteiger partial charge in [-0.2, -0.15) is 0 Å². The molecule has 1 saturated heterocycles. The van der Waals surface area contributed by atoms with Gasteiger partial charge in [0.15, 0.2) is 0 Å². The number of aromatic nitrogens is 1. The molecule has 2 aliphatic rings. The van der Waals surface area contributed by atoms with Crippen LogP contribution in [0.1, 0.15) is 52.0 Å². The number of carbonyl (C=O) groups excluding carboxylic acids is 1. The van der Waals surface area contributed by atoms with Gasteiger partial charge in [-0.3, -0.25) is 0 Å². The molecule has 2 aromatic carbocycles. The molecule has 0 atom stereocenters. The zero-order valence-corrected chi connectivity index (χ0v) is 20.7. The predicted octanol–water partition coefficient (Wildman–Crippen LogP) is 6.01. The number of ether oxygens (including phenoxy) is 3. The average molecular weight is 478 g/mol. The maximum Gasteiger partial charge on any atom is 0.415 e. The molecule has 2 N–H and O–H groups in total. The van der Waals surface area contributed by atoms with E-state index in [1.807, 2.05) is 44.2 Å². The van der Waals surface area contributed by atoms with E-state index < -0.39 is 0 Å². The van der Waals surface area contributed by atoms with Crippen LogP contribution in [-0.2, 0) is 4.74 Å². The molecule has 1 amide bonds. The van der Waals surface area contributed by atoms with Gasteiger partial charge in [0.1, 0.15) is 17.6 Å². The molecular formula is C28H35N3O4. The van der Waals surface area contributed by atoms with Crippen LogP contribution in [-0.4, -0.2) is 48.0 Å². The summed E-state index contributed by atoms with van der Waals surface area (Å²) in [7, 11) is 0. The number of nitrogen functional groups attached to an aromatic ring is 1. The van der Waals surface area contributed by atoms with Crippen LogP contribution in [0.15, 0.2) is 42.5 Å². The van der Waals surface area contributed by atoms with Gasteiger partial charge in [-0.1, -0.05) is 0 Å². The Bertz CT molecular complexity index is 1170. The third-order valence-corrected chi connectivity index (χ3v) is 7.28. The quantitative estimate of drug-likeness (QED) is 0.451. The van der Waals surface area contributed by atoms with E-state index in [0.717, 1.165) is 72.5 Å². The molecule has 1 aliphatic heterocycles. The molecule has 0 unspecified atom stereocenters. The summed E-state index contributed by atoms with van der Waals surface area (Å²) in [5, 5.41) is 1.04. The summed E-state index contributed by atoms with van der Waals surface area (Å²) in [6.45, 7) is 6.62. The fraction of sp³-hybridized carbons (Fsp3) is 0.464. The van der Waals surface area contributed by atoms with Gasteiger partial charge in [0, 0.05) is 49.0 Å².